The molecule has 1 saturated heterocycles. The zero-order chi connectivity index (χ0) is 14.8. The van der Waals surface area contributed by atoms with Crippen molar-refractivity contribution in [2.45, 2.75) is 38.8 Å². The first-order valence-corrected chi connectivity index (χ1v) is 7.55. The first-order valence-electron chi connectivity index (χ1n) is 7.55. The SMILES string of the molecule is CC(C)n1cc(C(=O)OC2CCOCC2)c2ccccc21. The molecule has 3 rings (SSSR count). The average molecular weight is 287 g/mol. The summed E-state index contributed by atoms with van der Waals surface area (Å²) in [5.74, 6) is -0.225. The average Bonchev–Trinajstić information content (AvgIpc) is 2.88. The maximum atomic E-state index is 12.5. The van der Waals surface area contributed by atoms with Gasteiger partial charge in [0.25, 0.3) is 0 Å². The maximum Gasteiger partial charge on any atom is 0.340 e. The van der Waals surface area contributed by atoms with Gasteiger partial charge in [0.15, 0.2) is 0 Å². The van der Waals surface area contributed by atoms with E-state index in [-0.39, 0.29) is 12.1 Å². The molecule has 0 atom stereocenters. The number of esters is 1. The summed E-state index contributed by atoms with van der Waals surface area (Å²) in [6.07, 6.45) is 3.47. The van der Waals surface area contributed by atoms with Crippen molar-refractivity contribution in [2.75, 3.05) is 13.2 Å². The third kappa shape index (κ3) is 2.81. The van der Waals surface area contributed by atoms with E-state index in [0.29, 0.717) is 24.8 Å². The number of carbonyl (C=O) groups excluding carboxylic acids is 1. The minimum atomic E-state index is -0.225. The summed E-state index contributed by atoms with van der Waals surface area (Å²) in [5.41, 5.74) is 1.73. The van der Waals surface area contributed by atoms with Crippen LogP contribution in [0, 0.1) is 0 Å². The molecule has 0 amide bonds. The number of rotatable bonds is 3. The quantitative estimate of drug-likeness (QED) is 0.810. The second-order valence-corrected chi connectivity index (χ2v) is 5.78. The van der Waals surface area contributed by atoms with Crippen LogP contribution in [0.25, 0.3) is 10.9 Å². The number of para-hydroxylation sites is 1. The standard InChI is InChI=1S/C17H21NO3/c1-12(2)18-11-15(14-5-3-4-6-16(14)18)17(19)21-13-7-9-20-10-8-13/h3-6,11-13H,7-10H2,1-2H3. The Kier molecular flexibility index (Phi) is 3.97. The van der Waals surface area contributed by atoms with Gasteiger partial charge in [-0.2, -0.15) is 0 Å². The third-order valence-corrected chi connectivity index (χ3v) is 3.96. The van der Waals surface area contributed by atoms with Crippen molar-refractivity contribution in [3.05, 3.63) is 36.0 Å². The Labute approximate surface area is 124 Å². The van der Waals surface area contributed by atoms with Gasteiger partial charge in [0.05, 0.1) is 18.8 Å². The minimum Gasteiger partial charge on any atom is -0.459 e. The number of hydrogen-bond acceptors (Lipinski definition) is 3. The number of fused-ring (bicyclic) bond motifs is 1. The van der Waals surface area contributed by atoms with Gasteiger partial charge in [-0.3, -0.25) is 0 Å². The summed E-state index contributed by atoms with van der Waals surface area (Å²) in [6.45, 7) is 5.57. The predicted octanol–water partition coefficient (Wildman–Crippen LogP) is 3.56. The third-order valence-electron chi connectivity index (χ3n) is 3.96. The molecule has 1 aliphatic rings. The lowest BCUT2D eigenvalue weighted by Gasteiger charge is -2.22. The van der Waals surface area contributed by atoms with E-state index in [4.69, 9.17) is 9.47 Å². The van der Waals surface area contributed by atoms with E-state index in [1.54, 1.807) is 0 Å². The fourth-order valence-electron chi connectivity index (χ4n) is 2.80. The molecule has 1 aliphatic heterocycles. The van der Waals surface area contributed by atoms with Crippen LogP contribution in [0.5, 0.6) is 0 Å². The number of carbonyl (C=O) groups is 1. The van der Waals surface area contributed by atoms with Crippen LogP contribution in [0.15, 0.2) is 30.5 Å². The predicted molar refractivity (Wildman–Crippen MR) is 81.6 cm³/mol. The summed E-state index contributed by atoms with van der Waals surface area (Å²) in [5, 5.41) is 0.961. The maximum absolute atomic E-state index is 12.5. The number of aromatic nitrogens is 1. The second kappa shape index (κ2) is 5.90. The molecule has 0 saturated carbocycles. The normalized spacial score (nSPS) is 16.5. The highest BCUT2D eigenvalue weighted by molar-refractivity contribution is 6.04. The molecule has 0 bridgehead atoms. The summed E-state index contributed by atoms with van der Waals surface area (Å²) in [7, 11) is 0. The molecule has 0 radical (unpaired) electrons. The summed E-state index contributed by atoms with van der Waals surface area (Å²) in [6, 6.07) is 8.28. The van der Waals surface area contributed by atoms with Crippen LogP contribution in [-0.4, -0.2) is 29.9 Å². The van der Waals surface area contributed by atoms with E-state index < -0.39 is 0 Å². The molecular formula is C17H21NO3. The Bertz CT molecular complexity index is 639. The van der Waals surface area contributed by atoms with Gasteiger partial charge in [-0.05, 0) is 19.9 Å². The lowest BCUT2D eigenvalue weighted by atomic mass is 10.1. The molecule has 21 heavy (non-hydrogen) atoms. The van der Waals surface area contributed by atoms with Crippen LogP contribution < -0.4 is 0 Å². The van der Waals surface area contributed by atoms with Crippen LogP contribution >= 0.6 is 0 Å². The molecule has 2 heterocycles. The van der Waals surface area contributed by atoms with Gasteiger partial charge in [0.2, 0.25) is 0 Å². The summed E-state index contributed by atoms with van der Waals surface area (Å²) in [4.78, 5) is 12.5. The monoisotopic (exact) mass is 287 g/mol. The highest BCUT2D eigenvalue weighted by atomic mass is 16.6. The van der Waals surface area contributed by atoms with Gasteiger partial charge in [-0.1, -0.05) is 18.2 Å². The number of hydrogen-bond donors (Lipinski definition) is 0. The number of benzene rings is 1. The van der Waals surface area contributed by atoms with Crippen LogP contribution in [0.1, 0.15) is 43.1 Å². The number of ether oxygens (including phenoxy) is 2. The molecule has 1 aromatic heterocycles. The highest BCUT2D eigenvalue weighted by Crippen LogP contribution is 2.26. The van der Waals surface area contributed by atoms with Crippen molar-refractivity contribution in [1.82, 2.24) is 4.57 Å². The molecule has 4 heteroatoms. The van der Waals surface area contributed by atoms with Crippen LogP contribution in [0.4, 0.5) is 0 Å². The van der Waals surface area contributed by atoms with E-state index >= 15 is 0 Å². The van der Waals surface area contributed by atoms with E-state index in [2.05, 4.69) is 18.4 Å². The van der Waals surface area contributed by atoms with Gasteiger partial charge in [0, 0.05) is 36.0 Å². The van der Waals surface area contributed by atoms with Crippen molar-refractivity contribution < 1.29 is 14.3 Å². The molecule has 112 valence electrons. The molecule has 2 aromatic rings. The number of nitrogens with zero attached hydrogens (tertiary/aromatic N) is 1. The summed E-state index contributed by atoms with van der Waals surface area (Å²) < 4.78 is 13.1. The van der Waals surface area contributed by atoms with E-state index in [1.807, 2.05) is 30.5 Å². The Balaban J connectivity index is 1.90. The Morgan fingerprint density at radius 3 is 2.71 bits per heavy atom. The van der Waals surface area contributed by atoms with Crippen molar-refractivity contribution in [1.29, 1.82) is 0 Å². The van der Waals surface area contributed by atoms with Crippen LogP contribution in [0.2, 0.25) is 0 Å². The molecule has 1 aromatic carbocycles. The Morgan fingerprint density at radius 1 is 1.29 bits per heavy atom. The highest BCUT2D eigenvalue weighted by Gasteiger charge is 2.22. The Hall–Kier alpha value is -1.81. The fraction of sp³-hybridized carbons (Fsp3) is 0.471. The first-order chi connectivity index (χ1) is 10.2. The van der Waals surface area contributed by atoms with Crippen LogP contribution in [-0.2, 0) is 9.47 Å². The lowest BCUT2D eigenvalue weighted by molar-refractivity contribution is -0.0157. The minimum absolute atomic E-state index is 0.0209. The lowest BCUT2D eigenvalue weighted by Crippen LogP contribution is -2.26. The molecule has 0 aliphatic carbocycles. The molecule has 0 spiro atoms. The van der Waals surface area contributed by atoms with Gasteiger partial charge >= 0.3 is 5.97 Å². The molecular weight excluding hydrogens is 266 g/mol. The fourth-order valence-corrected chi connectivity index (χ4v) is 2.80. The van der Waals surface area contributed by atoms with Gasteiger partial charge in [-0.25, -0.2) is 4.79 Å². The topological polar surface area (TPSA) is 40.5 Å². The van der Waals surface area contributed by atoms with E-state index in [0.717, 1.165) is 23.7 Å². The zero-order valence-electron chi connectivity index (χ0n) is 12.5. The van der Waals surface area contributed by atoms with E-state index in [1.165, 1.54) is 0 Å². The largest absolute Gasteiger partial charge is 0.459 e. The smallest absolute Gasteiger partial charge is 0.340 e. The van der Waals surface area contributed by atoms with Gasteiger partial charge < -0.3 is 14.0 Å². The van der Waals surface area contributed by atoms with Gasteiger partial charge in [-0.15, -0.1) is 0 Å². The molecule has 1 fully saturated rings. The zero-order valence-corrected chi connectivity index (χ0v) is 12.5. The molecule has 4 nitrogen and oxygen atoms in total. The van der Waals surface area contributed by atoms with Crippen LogP contribution in [0.3, 0.4) is 0 Å². The summed E-state index contributed by atoms with van der Waals surface area (Å²) >= 11 is 0. The second-order valence-electron chi connectivity index (χ2n) is 5.78. The molecule has 0 N–H and O–H groups in total. The van der Waals surface area contributed by atoms with Crippen molar-refractivity contribution in [2.24, 2.45) is 0 Å². The van der Waals surface area contributed by atoms with Gasteiger partial charge in [0.1, 0.15) is 6.10 Å². The van der Waals surface area contributed by atoms with Crippen molar-refractivity contribution in [3.63, 3.8) is 0 Å². The Morgan fingerprint density at radius 2 is 2.00 bits per heavy atom. The van der Waals surface area contributed by atoms with Crippen molar-refractivity contribution >= 4 is 16.9 Å². The van der Waals surface area contributed by atoms with E-state index in [9.17, 15) is 4.79 Å². The molecule has 0 unspecified atom stereocenters. The first kappa shape index (κ1) is 14.1. The van der Waals surface area contributed by atoms with Crippen molar-refractivity contribution in [3.8, 4) is 0 Å².